The molecule has 0 aliphatic heterocycles. The van der Waals surface area contributed by atoms with Crippen LogP contribution < -0.4 is 5.32 Å². The molecule has 45 heavy (non-hydrogen) atoms. The monoisotopic (exact) mass is 698 g/mol. The molecule has 0 radical (unpaired) electrons. The van der Waals surface area contributed by atoms with Gasteiger partial charge in [-0.05, 0) is 45.7 Å². The van der Waals surface area contributed by atoms with Crippen LogP contribution in [0.4, 0.5) is 0 Å². The van der Waals surface area contributed by atoms with E-state index in [0.29, 0.717) is 4.32 Å². The van der Waals surface area contributed by atoms with Crippen LogP contribution in [0.1, 0.15) is 258 Å². The van der Waals surface area contributed by atoms with E-state index in [1.54, 1.807) is 0 Å². The Labute approximate surface area is 295 Å². The fourth-order valence-electron chi connectivity index (χ4n) is 7.01. The molecule has 0 unspecified atom stereocenters. The highest BCUT2D eigenvalue weighted by molar-refractivity contribution is 9.10. The SMILES string of the molecule is CC1(Br)CCCCC1.CCCCCCCCCCCCCCCCCCNCCCCCCCCCCCCCCCCCC. The summed E-state index contributed by atoms with van der Waals surface area (Å²) in [5.41, 5.74) is 0. The molecular weight excluding hydrogens is 610 g/mol. The summed E-state index contributed by atoms with van der Waals surface area (Å²) in [6.07, 6.45) is 53.7. The average molecular weight is 699 g/mol. The zero-order chi connectivity index (χ0) is 32.8. The molecule has 0 amide bonds. The van der Waals surface area contributed by atoms with Crippen molar-refractivity contribution < 1.29 is 0 Å². The topological polar surface area (TPSA) is 12.0 Å². The third-order valence-electron chi connectivity index (χ3n) is 10.3. The van der Waals surface area contributed by atoms with Crippen molar-refractivity contribution in [3.63, 3.8) is 0 Å². The van der Waals surface area contributed by atoms with E-state index in [1.165, 1.54) is 251 Å². The van der Waals surface area contributed by atoms with Crippen LogP contribution in [-0.4, -0.2) is 17.4 Å². The van der Waals surface area contributed by atoms with Gasteiger partial charge in [0.1, 0.15) is 0 Å². The van der Waals surface area contributed by atoms with Gasteiger partial charge < -0.3 is 5.32 Å². The number of nitrogens with one attached hydrogen (secondary N) is 1. The van der Waals surface area contributed by atoms with E-state index in [9.17, 15) is 0 Å². The van der Waals surface area contributed by atoms with E-state index in [0.717, 1.165) is 0 Å². The number of halogens is 1. The van der Waals surface area contributed by atoms with Gasteiger partial charge in [0.25, 0.3) is 0 Å². The fourth-order valence-corrected chi connectivity index (χ4v) is 7.57. The predicted molar refractivity (Wildman–Crippen MR) is 212 cm³/mol. The molecule has 272 valence electrons. The Balaban J connectivity index is 0.00000208. The lowest BCUT2D eigenvalue weighted by atomic mass is 9.91. The van der Waals surface area contributed by atoms with Crippen LogP contribution in [0.25, 0.3) is 0 Å². The van der Waals surface area contributed by atoms with Crippen molar-refractivity contribution in [3.05, 3.63) is 0 Å². The molecule has 1 fully saturated rings. The van der Waals surface area contributed by atoms with Crippen LogP contribution in [0.5, 0.6) is 0 Å². The van der Waals surface area contributed by atoms with Gasteiger partial charge in [-0.2, -0.15) is 0 Å². The van der Waals surface area contributed by atoms with Crippen molar-refractivity contribution in [2.75, 3.05) is 13.1 Å². The van der Waals surface area contributed by atoms with Crippen molar-refractivity contribution >= 4 is 15.9 Å². The smallest absolute Gasteiger partial charge is 0.0229 e. The normalized spacial score (nSPS) is 14.4. The first kappa shape index (κ1) is 45.4. The number of rotatable bonds is 34. The highest BCUT2D eigenvalue weighted by atomic mass is 79.9. The minimum atomic E-state index is 0.491. The van der Waals surface area contributed by atoms with Crippen molar-refractivity contribution in [3.8, 4) is 0 Å². The van der Waals surface area contributed by atoms with Gasteiger partial charge in [0, 0.05) is 4.32 Å². The lowest BCUT2D eigenvalue weighted by Crippen LogP contribution is -2.18. The summed E-state index contributed by atoms with van der Waals surface area (Å²) in [4.78, 5) is 0. The number of alkyl halides is 1. The van der Waals surface area contributed by atoms with Crippen LogP contribution in [0, 0.1) is 0 Å². The Morgan fingerprint density at radius 1 is 0.356 bits per heavy atom. The molecule has 0 saturated heterocycles. The molecule has 1 saturated carbocycles. The van der Waals surface area contributed by atoms with Crippen LogP contribution in [0.2, 0.25) is 0 Å². The second-order valence-electron chi connectivity index (χ2n) is 15.3. The predicted octanol–water partition coefficient (Wildman–Crippen LogP) is 16.2. The van der Waals surface area contributed by atoms with Crippen molar-refractivity contribution in [2.45, 2.75) is 263 Å². The Morgan fingerprint density at radius 2 is 0.578 bits per heavy atom. The van der Waals surface area contributed by atoms with E-state index in [2.05, 4.69) is 42.0 Å². The van der Waals surface area contributed by atoms with E-state index in [-0.39, 0.29) is 0 Å². The van der Waals surface area contributed by atoms with Gasteiger partial charge in [-0.25, -0.2) is 0 Å². The zero-order valence-corrected chi connectivity index (χ0v) is 33.5. The Hall–Kier alpha value is 0.440. The second kappa shape index (κ2) is 38.9. The van der Waals surface area contributed by atoms with E-state index >= 15 is 0 Å². The Bertz CT molecular complexity index is 476. The first-order valence-electron chi connectivity index (χ1n) is 21.5. The minimum Gasteiger partial charge on any atom is -0.317 e. The lowest BCUT2D eigenvalue weighted by Gasteiger charge is -2.26. The molecular formula is C43H88BrN. The van der Waals surface area contributed by atoms with Crippen LogP contribution >= 0.6 is 15.9 Å². The quantitative estimate of drug-likeness (QED) is 0.0521. The van der Waals surface area contributed by atoms with Crippen LogP contribution in [-0.2, 0) is 0 Å². The van der Waals surface area contributed by atoms with Gasteiger partial charge in [0.15, 0.2) is 0 Å². The van der Waals surface area contributed by atoms with Crippen molar-refractivity contribution in [1.29, 1.82) is 0 Å². The largest absolute Gasteiger partial charge is 0.317 e. The molecule has 2 heteroatoms. The highest BCUT2D eigenvalue weighted by Gasteiger charge is 2.22. The number of hydrogen-bond acceptors (Lipinski definition) is 1. The van der Waals surface area contributed by atoms with E-state index in [1.807, 2.05) is 0 Å². The molecule has 0 bridgehead atoms. The molecule has 1 N–H and O–H groups in total. The lowest BCUT2D eigenvalue weighted by molar-refractivity contribution is 0.430. The molecule has 1 rings (SSSR count). The van der Waals surface area contributed by atoms with Gasteiger partial charge >= 0.3 is 0 Å². The van der Waals surface area contributed by atoms with Crippen LogP contribution in [0.3, 0.4) is 0 Å². The summed E-state index contributed by atoms with van der Waals surface area (Å²) >= 11 is 3.69. The Kier molecular flexibility index (Phi) is 39.3. The molecule has 0 aromatic rings. The molecule has 0 atom stereocenters. The summed E-state index contributed by atoms with van der Waals surface area (Å²) in [5.74, 6) is 0. The number of unbranched alkanes of at least 4 members (excludes halogenated alkanes) is 30. The molecule has 0 aromatic carbocycles. The van der Waals surface area contributed by atoms with Gasteiger partial charge in [-0.3, -0.25) is 0 Å². The molecule has 0 heterocycles. The second-order valence-corrected chi connectivity index (χ2v) is 17.2. The third-order valence-corrected chi connectivity index (χ3v) is 11.1. The van der Waals surface area contributed by atoms with Gasteiger partial charge in [-0.1, -0.05) is 242 Å². The maximum Gasteiger partial charge on any atom is 0.0229 e. The first-order chi connectivity index (χ1) is 22.1. The van der Waals surface area contributed by atoms with E-state index < -0.39 is 0 Å². The first-order valence-corrected chi connectivity index (χ1v) is 22.3. The maximum atomic E-state index is 3.69. The van der Waals surface area contributed by atoms with Crippen LogP contribution in [0.15, 0.2) is 0 Å². The third kappa shape index (κ3) is 40.5. The average Bonchev–Trinajstić information content (AvgIpc) is 3.03. The summed E-state index contributed by atoms with van der Waals surface area (Å²) in [5, 5.41) is 3.68. The summed E-state index contributed by atoms with van der Waals surface area (Å²) in [7, 11) is 0. The minimum absolute atomic E-state index is 0.491. The molecule has 0 aromatic heterocycles. The summed E-state index contributed by atoms with van der Waals surface area (Å²) < 4.78 is 0.491. The summed E-state index contributed by atoms with van der Waals surface area (Å²) in [6.45, 7) is 9.40. The number of hydrogen-bond donors (Lipinski definition) is 1. The highest BCUT2D eigenvalue weighted by Crippen LogP contribution is 2.34. The summed E-state index contributed by atoms with van der Waals surface area (Å²) in [6, 6.07) is 0. The fraction of sp³-hybridized carbons (Fsp3) is 1.00. The van der Waals surface area contributed by atoms with E-state index in [4.69, 9.17) is 0 Å². The molecule has 0 spiro atoms. The van der Waals surface area contributed by atoms with Gasteiger partial charge in [0.05, 0.1) is 0 Å². The molecule has 1 aliphatic carbocycles. The maximum absolute atomic E-state index is 3.69. The zero-order valence-electron chi connectivity index (χ0n) is 32.0. The molecule has 1 nitrogen and oxygen atoms in total. The standard InChI is InChI=1S/C36H75N.C7H13Br/c1-3-5-7-9-11-13-15-17-19-21-23-25-27-29-31-33-35-37-36-34-32-30-28-26-24-22-20-18-16-14-12-10-8-6-4-2;1-7(8)5-3-2-4-6-7/h37H,3-36H2,1-2H3;2-6H2,1H3. The van der Waals surface area contributed by atoms with Gasteiger partial charge in [0.2, 0.25) is 0 Å². The Morgan fingerprint density at radius 3 is 0.778 bits per heavy atom. The molecule has 1 aliphatic rings. The van der Waals surface area contributed by atoms with Crippen molar-refractivity contribution in [1.82, 2.24) is 5.32 Å². The van der Waals surface area contributed by atoms with Gasteiger partial charge in [-0.15, -0.1) is 0 Å². The van der Waals surface area contributed by atoms with Crippen molar-refractivity contribution in [2.24, 2.45) is 0 Å².